The van der Waals surface area contributed by atoms with Crippen molar-refractivity contribution in [2.24, 2.45) is 0 Å². The molecule has 2 aliphatic rings. The molecular formula is C17H23IN2O. The molecule has 2 fully saturated rings. The topological polar surface area (TPSA) is 23.6 Å². The SMILES string of the molecule is O=C(CN1CCN(C2CCCC2)CC1)c1ccc(I)cc1. The molecule has 1 aromatic rings. The van der Waals surface area contributed by atoms with Gasteiger partial charge in [0.25, 0.3) is 0 Å². The Labute approximate surface area is 140 Å². The predicted molar refractivity (Wildman–Crippen MR) is 93.8 cm³/mol. The van der Waals surface area contributed by atoms with E-state index in [1.807, 2.05) is 24.3 Å². The molecule has 0 amide bonds. The van der Waals surface area contributed by atoms with Crippen LogP contribution in [0.25, 0.3) is 0 Å². The number of hydrogen-bond donors (Lipinski definition) is 0. The van der Waals surface area contributed by atoms with Gasteiger partial charge < -0.3 is 0 Å². The molecule has 0 N–H and O–H groups in total. The minimum absolute atomic E-state index is 0.251. The molecule has 0 aromatic heterocycles. The summed E-state index contributed by atoms with van der Waals surface area (Å²) in [7, 11) is 0. The van der Waals surface area contributed by atoms with E-state index in [4.69, 9.17) is 0 Å². The van der Waals surface area contributed by atoms with Crippen LogP contribution in [-0.2, 0) is 0 Å². The molecule has 4 heteroatoms. The highest BCUT2D eigenvalue weighted by molar-refractivity contribution is 14.1. The number of rotatable bonds is 4. The first-order valence-electron chi connectivity index (χ1n) is 7.97. The van der Waals surface area contributed by atoms with Crippen molar-refractivity contribution in [2.75, 3.05) is 32.7 Å². The minimum atomic E-state index is 0.251. The average Bonchev–Trinajstić information content (AvgIpc) is 3.03. The third-order valence-corrected chi connectivity index (χ3v) is 5.50. The molecule has 0 atom stereocenters. The number of ketones is 1. The van der Waals surface area contributed by atoms with Gasteiger partial charge in [-0.2, -0.15) is 0 Å². The van der Waals surface area contributed by atoms with Crippen LogP contribution in [0, 0.1) is 3.57 Å². The maximum absolute atomic E-state index is 12.3. The van der Waals surface area contributed by atoms with E-state index in [2.05, 4.69) is 32.4 Å². The van der Waals surface area contributed by atoms with E-state index in [9.17, 15) is 4.79 Å². The summed E-state index contributed by atoms with van der Waals surface area (Å²) in [4.78, 5) is 17.3. The third-order valence-electron chi connectivity index (χ3n) is 4.78. The molecule has 0 bridgehead atoms. The Bertz CT molecular complexity index is 474. The lowest BCUT2D eigenvalue weighted by Gasteiger charge is -2.37. The number of piperazine rings is 1. The first kappa shape index (κ1) is 15.4. The second-order valence-electron chi connectivity index (χ2n) is 6.18. The fourth-order valence-corrected chi connectivity index (χ4v) is 3.85. The second kappa shape index (κ2) is 7.20. The van der Waals surface area contributed by atoms with Crippen LogP contribution >= 0.6 is 22.6 Å². The minimum Gasteiger partial charge on any atom is -0.298 e. The zero-order valence-corrected chi connectivity index (χ0v) is 14.6. The number of carbonyl (C=O) groups is 1. The van der Waals surface area contributed by atoms with E-state index in [0.717, 1.165) is 37.8 Å². The maximum Gasteiger partial charge on any atom is 0.176 e. The van der Waals surface area contributed by atoms with Crippen LogP contribution in [0.1, 0.15) is 36.0 Å². The molecule has 3 nitrogen and oxygen atoms in total. The van der Waals surface area contributed by atoms with Crippen LogP contribution in [0.2, 0.25) is 0 Å². The fourth-order valence-electron chi connectivity index (χ4n) is 3.49. The second-order valence-corrected chi connectivity index (χ2v) is 7.43. The van der Waals surface area contributed by atoms with Gasteiger partial charge in [-0.15, -0.1) is 0 Å². The molecule has 0 spiro atoms. The van der Waals surface area contributed by atoms with E-state index < -0.39 is 0 Å². The van der Waals surface area contributed by atoms with Gasteiger partial charge in [0.2, 0.25) is 0 Å². The molecule has 1 aromatic carbocycles. The van der Waals surface area contributed by atoms with Gasteiger partial charge in [-0.05, 0) is 47.6 Å². The van der Waals surface area contributed by atoms with E-state index in [1.165, 1.54) is 29.3 Å². The van der Waals surface area contributed by atoms with Crippen molar-refractivity contribution in [3.63, 3.8) is 0 Å². The summed E-state index contributed by atoms with van der Waals surface area (Å²) in [5.41, 5.74) is 0.841. The molecule has 1 saturated carbocycles. The van der Waals surface area contributed by atoms with Crippen molar-refractivity contribution in [3.05, 3.63) is 33.4 Å². The summed E-state index contributed by atoms with van der Waals surface area (Å²) in [6.07, 6.45) is 5.55. The van der Waals surface area contributed by atoms with Gasteiger partial charge in [0.1, 0.15) is 0 Å². The Hall–Kier alpha value is -0.460. The molecule has 1 aliphatic carbocycles. The lowest BCUT2D eigenvalue weighted by molar-refractivity contribution is 0.0775. The van der Waals surface area contributed by atoms with Crippen LogP contribution < -0.4 is 0 Å². The van der Waals surface area contributed by atoms with Crippen LogP contribution in [0.3, 0.4) is 0 Å². The van der Waals surface area contributed by atoms with Crippen molar-refractivity contribution in [1.29, 1.82) is 0 Å². The van der Waals surface area contributed by atoms with Gasteiger partial charge in [0.05, 0.1) is 6.54 Å². The summed E-state index contributed by atoms with van der Waals surface area (Å²) in [6.45, 7) is 4.90. The van der Waals surface area contributed by atoms with Gasteiger partial charge in [0, 0.05) is 41.4 Å². The largest absolute Gasteiger partial charge is 0.298 e. The molecule has 114 valence electrons. The van der Waals surface area contributed by atoms with Gasteiger partial charge in [-0.3, -0.25) is 14.6 Å². The van der Waals surface area contributed by atoms with Crippen LogP contribution in [0.5, 0.6) is 0 Å². The van der Waals surface area contributed by atoms with Crippen molar-refractivity contribution in [3.8, 4) is 0 Å². The number of nitrogens with zero attached hydrogens (tertiary/aromatic N) is 2. The van der Waals surface area contributed by atoms with E-state index >= 15 is 0 Å². The Morgan fingerprint density at radius 3 is 2.29 bits per heavy atom. The standard InChI is InChI=1S/C17H23IN2O/c18-15-7-5-14(6-8-15)17(21)13-19-9-11-20(12-10-19)16-3-1-2-4-16/h5-8,16H,1-4,9-13H2. The molecule has 1 saturated heterocycles. The number of hydrogen-bond acceptors (Lipinski definition) is 3. The molecule has 0 unspecified atom stereocenters. The van der Waals surface area contributed by atoms with Crippen LogP contribution in [0.15, 0.2) is 24.3 Å². The van der Waals surface area contributed by atoms with Gasteiger partial charge in [-0.1, -0.05) is 25.0 Å². The number of carbonyl (C=O) groups excluding carboxylic acids is 1. The lowest BCUT2D eigenvalue weighted by Crippen LogP contribution is -2.50. The van der Waals surface area contributed by atoms with Crippen molar-refractivity contribution >= 4 is 28.4 Å². The zero-order chi connectivity index (χ0) is 14.7. The number of Topliss-reactive ketones (excluding diaryl/α,β-unsaturated/α-hetero) is 1. The third kappa shape index (κ3) is 4.05. The summed E-state index contributed by atoms with van der Waals surface area (Å²) >= 11 is 2.27. The highest BCUT2D eigenvalue weighted by Crippen LogP contribution is 2.24. The molecular weight excluding hydrogens is 375 g/mol. The number of halogens is 1. The van der Waals surface area contributed by atoms with Gasteiger partial charge >= 0.3 is 0 Å². The van der Waals surface area contributed by atoms with Crippen LogP contribution in [0.4, 0.5) is 0 Å². The first-order chi connectivity index (χ1) is 10.2. The molecule has 0 radical (unpaired) electrons. The maximum atomic E-state index is 12.3. The zero-order valence-electron chi connectivity index (χ0n) is 12.4. The van der Waals surface area contributed by atoms with E-state index in [0.29, 0.717) is 6.54 Å². The smallest absolute Gasteiger partial charge is 0.176 e. The Balaban J connectivity index is 1.48. The molecule has 21 heavy (non-hydrogen) atoms. The highest BCUT2D eigenvalue weighted by Gasteiger charge is 2.26. The number of benzene rings is 1. The Morgan fingerprint density at radius 1 is 1.05 bits per heavy atom. The summed E-state index contributed by atoms with van der Waals surface area (Å²) in [6, 6.07) is 8.72. The Morgan fingerprint density at radius 2 is 1.67 bits per heavy atom. The molecule has 3 rings (SSSR count). The van der Waals surface area contributed by atoms with E-state index in [-0.39, 0.29) is 5.78 Å². The average molecular weight is 398 g/mol. The predicted octanol–water partition coefficient (Wildman–Crippen LogP) is 3.03. The van der Waals surface area contributed by atoms with Crippen molar-refractivity contribution in [1.82, 2.24) is 9.80 Å². The lowest BCUT2D eigenvalue weighted by atomic mass is 10.1. The molecule has 1 aliphatic heterocycles. The normalized spacial score (nSPS) is 21.8. The van der Waals surface area contributed by atoms with Crippen molar-refractivity contribution < 1.29 is 4.79 Å². The summed E-state index contributed by atoms with van der Waals surface area (Å²) < 4.78 is 1.18. The summed E-state index contributed by atoms with van der Waals surface area (Å²) in [5, 5.41) is 0. The van der Waals surface area contributed by atoms with Crippen molar-refractivity contribution in [2.45, 2.75) is 31.7 Å². The van der Waals surface area contributed by atoms with Gasteiger partial charge in [-0.25, -0.2) is 0 Å². The van der Waals surface area contributed by atoms with E-state index in [1.54, 1.807) is 0 Å². The summed E-state index contributed by atoms with van der Waals surface area (Å²) in [5.74, 6) is 0.251. The van der Waals surface area contributed by atoms with Crippen LogP contribution in [-0.4, -0.2) is 54.3 Å². The first-order valence-corrected chi connectivity index (χ1v) is 9.05. The highest BCUT2D eigenvalue weighted by atomic mass is 127. The quantitative estimate of drug-likeness (QED) is 0.576. The van der Waals surface area contributed by atoms with Gasteiger partial charge in [0.15, 0.2) is 5.78 Å². The molecule has 1 heterocycles. The monoisotopic (exact) mass is 398 g/mol. The Kier molecular flexibility index (Phi) is 5.29. The fraction of sp³-hybridized carbons (Fsp3) is 0.588.